The topological polar surface area (TPSA) is 69.7 Å². The van der Waals surface area contributed by atoms with Crippen molar-refractivity contribution < 1.29 is 13.2 Å². The predicted octanol–water partition coefficient (Wildman–Crippen LogP) is 6.29. The van der Waals surface area contributed by atoms with Gasteiger partial charge in [-0.2, -0.15) is 0 Å². The van der Waals surface area contributed by atoms with Gasteiger partial charge in [0, 0.05) is 49.4 Å². The molecule has 1 heterocycles. The molecule has 1 saturated heterocycles. The van der Waals surface area contributed by atoms with E-state index in [1.165, 1.54) is 23.1 Å². The SMILES string of the molecule is CC1(C)CCC(CN2CCN(c3ccc(S(=O)(=O)NC(=O)C4CC=CCC4)cc3)CC2)=C(c2ccc(Cl)cc2)C1. The van der Waals surface area contributed by atoms with Crippen LogP contribution in [0.4, 0.5) is 5.69 Å². The number of benzene rings is 2. The van der Waals surface area contributed by atoms with E-state index in [0.29, 0.717) is 18.3 Å². The number of rotatable bonds is 7. The second-order valence-corrected chi connectivity index (χ2v) is 14.3. The minimum Gasteiger partial charge on any atom is -0.369 e. The van der Waals surface area contributed by atoms with Gasteiger partial charge >= 0.3 is 0 Å². The van der Waals surface area contributed by atoms with E-state index in [0.717, 1.165) is 62.7 Å². The Labute approximate surface area is 244 Å². The number of hydrogen-bond donors (Lipinski definition) is 1. The Morgan fingerprint density at radius 3 is 2.35 bits per heavy atom. The Morgan fingerprint density at radius 2 is 1.70 bits per heavy atom. The first kappa shape index (κ1) is 28.9. The lowest BCUT2D eigenvalue weighted by molar-refractivity contribution is -0.123. The van der Waals surface area contributed by atoms with E-state index >= 15 is 0 Å². The number of carbonyl (C=O) groups is 1. The second-order valence-electron chi connectivity index (χ2n) is 12.1. The van der Waals surface area contributed by atoms with Crippen molar-refractivity contribution in [3.63, 3.8) is 0 Å². The van der Waals surface area contributed by atoms with Gasteiger partial charge in [-0.1, -0.05) is 55.3 Å². The monoisotopic (exact) mass is 581 g/mol. The first-order valence-corrected chi connectivity index (χ1v) is 16.2. The van der Waals surface area contributed by atoms with Crippen LogP contribution in [0.1, 0.15) is 57.9 Å². The van der Waals surface area contributed by atoms with Gasteiger partial charge in [-0.05, 0) is 91.5 Å². The average molecular weight is 582 g/mol. The van der Waals surface area contributed by atoms with Gasteiger partial charge in [0.1, 0.15) is 0 Å². The smallest absolute Gasteiger partial charge is 0.264 e. The summed E-state index contributed by atoms with van der Waals surface area (Å²) in [7, 11) is -3.88. The summed E-state index contributed by atoms with van der Waals surface area (Å²) in [5, 5.41) is 0.768. The summed E-state index contributed by atoms with van der Waals surface area (Å²) in [4.78, 5) is 17.4. The summed E-state index contributed by atoms with van der Waals surface area (Å²) in [5.41, 5.74) is 5.60. The van der Waals surface area contributed by atoms with Crippen LogP contribution in [0, 0.1) is 11.3 Å². The number of piperazine rings is 1. The Bertz CT molecular complexity index is 1370. The van der Waals surface area contributed by atoms with Gasteiger partial charge in [0.2, 0.25) is 5.91 Å². The van der Waals surface area contributed by atoms with E-state index in [4.69, 9.17) is 11.6 Å². The van der Waals surface area contributed by atoms with E-state index in [9.17, 15) is 13.2 Å². The summed E-state index contributed by atoms with van der Waals surface area (Å²) in [6.07, 6.45) is 9.45. The minimum absolute atomic E-state index is 0.122. The number of anilines is 1. The van der Waals surface area contributed by atoms with E-state index < -0.39 is 15.9 Å². The molecule has 1 unspecified atom stereocenters. The highest BCUT2D eigenvalue weighted by molar-refractivity contribution is 7.90. The Balaban J connectivity index is 1.19. The molecule has 1 atom stereocenters. The van der Waals surface area contributed by atoms with Crippen LogP contribution in [-0.4, -0.2) is 51.9 Å². The van der Waals surface area contributed by atoms with Crippen LogP contribution in [0.25, 0.3) is 5.57 Å². The molecule has 5 rings (SSSR count). The second kappa shape index (κ2) is 12.1. The molecule has 0 aromatic heterocycles. The highest BCUT2D eigenvalue weighted by Gasteiger charge is 2.30. The van der Waals surface area contributed by atoms with Gasteiger partial charge in [-0.15, -0.1) is 0 Å². The first-order chi connectivity index (χ1) is 19.1. The third-order valence-corrected chi connectivity index (χ3v) is 10.2. The maximum atomic E-state index is 12.8. The molecule has 1 N–H and O–H groups in total. The molecule has 2 aromatic carbocycles. The third kappa shape index (κ3) is 6.99. The Morgan fingerprint density at radius 1 is 1.00 bits per heavy atom. The molecule has 1 amide bonds. The zero-order valence-corrected chi connectivity index (χ0v) is 25.1. The van der Waals surface area contributed by atoms with Crippen LogP contribution in [0.3, 0.4) is 0 Å². The maximum Gasteiger partial charge on any atom is 0.264 e. The summed E-state index contributed by atoms with van der Waals surface area (Å²) in [6, 6.07) is 15.2. The van der Waals surface area contributed by atoms with Gasteiger partial charge in [-0.3, -0.25) is 9.69 Å². The van der Waals surface area contributed by atoms with Crippen molar-refractivity contribution in [2.24, 2.45) is 11.3 Å². The third-order valence-electron chi connectivity index (χ3n) is 8.55. The summed E-state index contributed by atoms with van der Waals surface area (Å²) in [6.45, 7) is 9.36. The maximum absolute atomic E-state index is 12.8. The average Bonchev–Trinajstić information content (AvgIpc) is 2.95. The quantitative estimate of drug-likeness (QED) is 0.389. The lowest BCUT2D eigenvalue weighted by Crippen LogP contribution is -2.47. The van der Waals surface area contributed by atoms with Gasteiger partial charge in [0.25, 0.3) is 10.0 Å². The fraction of sp³-hybridized carbons (Fsp3) is 0.469. The first-order valence-electron chi connectivity index (χ1n) is 14.4. The molecular weight excluding hydrogens is 542 g/mol. The van der Waals surface area contributed by atoms with Crippen LogP contribution in [0.2, 0.25) is 5.02 Å². The Kier molecular flexibility index (Phi) is 8.74. The molecule has 1 fully saturated rings. The largest absolute Gasteiger partial charge is 0.369 e. The fourth-order valence-electron chi connectivity index (χ4n) is 6.04. The zero-order chi connectivity index (χ0) is 28.3. The summed E-state index contributed by atoms with van der Waals surface area (Å²) < 4.78 is 27.9. The van der Waals surface area contributed by atoms with Crippen LogP contribution >= 0.6 is 11.6 Å². The van der Waals surface area contributed by atoms with Gasteiger partial charge in [0.15, 0.2) is 0 Å². The van der Waals surface area contributed by atoms with Gasteiger partial charge < -0.3 is 4.90 Å². The molecule has 0 radical (unpaired) electrons. The number of carbonyl (C=O) groups excluding carboxylic acids is 1. The number of nitrogens with one attached hydrogen (secondary N) is 1. The van der Waals surface area contributed by atoms with Crippen molar-refractivity contribution in [1.29, 1.82) is 0 Å². The molecule has 2 aromatic rings. The number of halogens is 1. The molecular formula is C32H40ClN3O3S. The standard InChI is InChI=1S/C32H40ClN3O3S/c1-32(2)17-16-26(30(22-32)24-8-10-27(33)11-9-24)23-35-18-20-36(21-19-35)28-12-14-29(15-13-28)40(38,39)34-31(37)25-6-4-3-5-7-25/h3-4,8-15,25H,5-7,16-23H2,1-2H3,(H,34,37). The van der Waals surface area contributed by atoms with Crippen molar-refractivity contribution in [1.82, 2.24) is 9.62 Å². The minimum atomic E-state index is -3.88. The van der Waals surface area contributed by atoms with Gasteiger partial charge in [0.05, 0.1) is 4.90 Å². The number of sulfonamides is 1. The highest BCUT2D eigenvalue weighted by atomic mass is 35.5. The van der Waals surface area contributed by atoms with E-state index in [1.807, 2.05) is 36.4 Å². The molecule has 40 heavy (non-hydrogen) atoms. The van der Waals surface area contributed by atoms with Crippen molar-refractivity contribution in [3.05, 3.63) is 76.8 Å². The molecule has 6 nitrogen and oxygen atoms in total. The normalized spacial score (nSPS) is 21.9. The van der Waals surface area contributed by atoms with Crippen LogP contribution in [0.5, 0.6) is 0 Å². The molecule has 8 heteroatoms. The number of nitrogens with zero attached hydrogens (tertiary/aromatic N) is 2. The fourth-order valence-corrected chi connectivity index (χ4v) is 7.21. The number of amides is 1. The lowest BCUT2D eigenvalue weighted by atomic mass is 9.72. The summed E-state index contributed by atoms with van der Waals surface area (Å²) >= 11 is 6.17. The molecule has 3 aliphatic rings. The molecule has 2 aliphatic carbocycles. The van der Waals surface area contributed by atoms with Crippen LogP contribution in [0.15, 0.2) is 71.2 Å². The van der Waals surface area contributed by atoms with Gasteiger partial charge in [-0.25, -0.2) is 13.1 Å². The number of allylic oxidation sites excluding steroid dienone is 3. The zero-order valence-electron chi connectivity index (χ0n) is 23.5. The molecule has 0 saturated carbocycles. The van der Waals surface area contributed by atoms with Crippen molar-refractivity contribution in [2.45, 2.75) is 57.3 Å². The predicted molar refractivity (Wildman–Crippen MR) is 163 cm³/mol. The van der Waals surface area contributed by atoms with E-state index in [-0.39, 0.29) is 10.8 Å². The van der Waals surface area contributed by atoms with Crippen LogP contribution in [-0.2, 0) is 14.8 Å². The molecule has 0 bridgehead atoms. The molecule has 0 spiro atoms. The highest BCUT2D eigenvalue weighted by Crippen LogP contribution is 2.43. The lowest BCUT2D eigenvalue weighted by Gasteiger charge is -2.39. The summed E-state index contributed by atoms with van der Waals surface area (Å²) in [5.74, 6) is -0.700. The van der Waals surface area contributed by atoms with Crippen molar-refractivity contribution >= 4 is 38.8 Å². The van der Waals surface area contributed by atoms with Crippen molar-refractivity contribution in [2.75, 3.05) is 37.6 Å². The van der Waals surface area contributed by atoms with E-state index in [2.05, 4.69) is 40.5 Å². The number of hydrogen-bond acceptors (Lipinski definition) is 5. The van der Waals surface area contributed by atoms with Crippen molar-refractivity contribution in [3.8, 4) is 0 Å². The van der Waals surface area contributed by atoms with Crippen LogP contribution < -0.4 is 9.62 Å². The molecule has 214 valence electrons. The Hall–Kier alpha value is -2.61. The van der Waals surface area contributed by atoms with E-state index in [1.54, 1.807) is 12.1 Å². The molecule has 1 aliphatic heterocycles.